The molecular formula is C22H30N2O2. The van der Waals surface area contributed by atoms with Crippen molar-refractivity contribution in [2.75, 3.05) is 6.61 Å². The van der Waals surface area contributed by atoms with E-state index in [2.05, 4.69) is 17.9 Å². The second-order valence-corrected chi connectivity index (χ2v) is 8.32. The molecule has 2 atom stereocenters. The third-order valence-corrected chi connectivity index (χ3v) is 6.20. The Morgan fingerprint density at radius 3 is 2.38 bits per heavy atom. The van der Waals surface area contributed by atoms with Crippen LogP contribution in [0.3, 0.4) is 0 Å². The molecule has 2 N–H and O–H groups in total. The summed E-state index contributed by atoms with van der Waals surface area (Å²) in [5.74, 6) is 8.13. The van der Waals surface area contributed by atoms with Crippen molar-refractivity contribution in [3.05, 3.63) is 33.7 Å². The molecule has 1 aliphatic heterocycles. The van der Waals surface area contributed by atoms with Crippen molar-refractivity contribution < 1.29 is 4.74 Å². The first-order valence-corrected chi connectivity index (χ1v) is 10.2. The number of aryl methyl sites for hydroxylation is 2. The van der Waals surface area contributed by atoms with Crippen molar-refractivity contribution in [2.45, 2.75) is 76.5 Å². The molecule has 4 rings (SSSR count). The van der Waals surface area contributed by atoms with Crippen molar-refractivity contribution in [3.63, 3.8) is 0 Å². The second kappa shape index (κ2) is 7.58. The lowest BCUT2D eigenvalue weighted by molar-refractivity contribution is -0.00190. The van der Waals surface area contributed by atoms with Crippen LogP contribution in [0.2, 0.25) is 0 Å². The molecule has 2 heterocycles. The summed E-state index contributed by atoms with van der Waals surface area (Å²) in [6.45, 7) is 2.41. The first-order chi connectivity index (χ1) is 12.6. The van der Waals surface area contributed by atoms with E-state index < -0.39 is 0 Å². The average Bonchev–Trinajstić information content (AvgIpc) is 3.48. The maximum atomic E-state index is 12.6. The fourth-order valence-corrected chi connectivity index (χ4v) is 4.23. The molecule has 1 aromatic rings. The van der Waals surface area contributed by atoms with Crippen LogP contribution in [-0.2, 0) is 11.2 Å². The van der Waals surface area contributed by atoms with Gasteiger partial charge in [0.1, 0.15) is 0 Å². The van der Waals surface area contributed by atoms with E-state index in [1.54, 1.807) is 0 Å². The summed E-state index contributed by atoms with van der Waals surface area (Å²) < 4.78 is 8.14. The Morgan fingerprint density at radius 2 is 1.73 bits per heavy atom. The predicted octanol–water partition coefficient (Wildman–Crippen LogP) is 2.96. The standard InChI is InChI=1S/C22H30N2O2/c1-15-2-9-18-10-13-20(23)21(24(18)22(15)25)14-26-19-11-7-17(8-12-19)6-5-16-3-4-16/h2,9,16-17,19-21H,3-4,7-8,10-14,23H2,1H3. The van der Waals surface area contributed by atoms with E-state index in [-0.39, 0.29) is 23.7 Å². The summed E-state index contributed by atoms with van der Waals surface area (Å²) in [6.07, 6.45) is 9.09. The van der Waals surface area contributed by atoms with Gasteiger partial charge in [-0.3, -0.25) is 4.79 Å². The van der Waals surface area contributed by atoms with Crippen LogP contribution in [-0.4, -0.2) is 23.3 Å². The summed E-state index contributed by atoms with van der Waals surface area (Å²) >= 11 is 0. The third kappa shape index (κ3) is 3.89. The van der Waals surface area contributed by atoms with E-state index in [4.69, 9.17) is 10.5 Å². The molecule has 2 fully saturated rings. The summed E-state index contributed by atoms with van der Waals surface area (Å²) in [6, 6.07) is 3.94. The van der Waals surface area contributed by atoms with E-state index in [1.807, 2.05) is 17.6 Å². The molecule has 0 saturated heterocycles. The normalized spacial score (nSPS) is 31.0. The van der Waals surface area contributed by atoms with Crippen LogP contribution in [0.5, 0.6) is 0 Å². The molecule has 140 valence electrons. The highest BCUT2D eigenvalue weighted by molar-refractivity contribution is 5.18. The van der Waals surface area contributed by atoms with Gasteiger partial charge in [-0.2, -0.15) is 0 Å². The molecule has 4 nitrogen and oxygen atoms in total. The number of ether oxygens (including phenoxy) is 1. The van der Waals surface area contributed by atoms with Crippen LogP contribution in [0.4, 0.5) is 0 Å². The number of hydrogen-bond acceptors (Lipinski definition) is 3. The molecule has 3 aliphatic rings. The summed E-state index contributed by atoms with van der Waals surface area (Å²) in [4.78, 5) is 12.6. The minimum Gasteiger partial charge on any atom is -0.376 e. The fraction of sp³-hybridized carbons (Fsp3) is 0.682. The second-order valence-electron chi connectivity index (χ2n) is 8.32. The fourth-order valence-electron chi connectivity index (χ4n) is 4.23. The lowest BCUT2D eigenvalue weighted by atomic mass is 9.87. The van der Waals surface area contributed by atoms with Crippen LogP contribution in [0.15, 0.2) is 16.9 Å². The molecule has 2 unspecified atom stereocenters. The predicted molar refractivity (Wildman–Crippen MR) is 103 cm³/mol. The summed E-state index contributed by atoms with van der Waals surface area (Å²) in [7, 11) is 0. The monoisotopic (exact) mass is 354 g/mol. The van der Waals surface area contributed by atoms with E-state index in [0.29, 0.717) is 18.4 Å². The van der Waals surface area contributed by atoms with Crippen molar-refractivity contribution >= 4 is 0 Å². The number of hydrogen-bond donors (Lipinski definition) is 1. The van der Waals surface area contributed by atoms with Gasteiger partial charge in [-0.1, -0.05) is 17.9 Å². The van der Waals surface area contributed by atoms with Crippen LogP contribution in [0.25, 0.3) is 0 Å². The number of nitrogens with zero attached hydrogens (tertiary/aromatic N) is 1. The Hall–Kier alpha value is -1.57. The van der Waals surface area contributed by atoms with Gasteiger partial charge in [0.05, 0.1) is 18.8 Å². The van der Waals surface area contributed by atoms with Gasteiger partial charge in [-0.05, 0) is 64.4 Å². The Labute approximate surface area is 156 Å². The molecular weight excluding hydrogens is 324 g/mol. The Morgan fingerprint density at radius 1 is 1.08 bits per heavy atom. The Bertz CT molecular complexity index is 761. The van der Waals surface area contributed by atoms with Gasteiger partial charge >= 0.3 is 0 Å². The number of rotatable bonds is 3. The van der Waals surface area contributed by atoms with Gasteiger partial charge in [-0.25, -0.2) is 0 Å². The molecule has 0 radical (unpaired) electrons. The topological polar surface area (TPSA) is 57.2 Å². The zero-order valence-corrected chi connectivity index (χ0v) is 15.7. The van der Waals surface area contributed by atoms with Crippen molar-refractivity contribution in [1.29, 1.82) is 0 Å². The first kappa shape index (κ1) is 17.8. The number of nitrogens with two attached hydrogens (primary N) is 1. The van der Waals surface area contributed by atoms with E-state index >= 15 is 0 Å². The van der Waals surface area contributed by atoms with Gasteiger partial charge in [0.2, 0.25) is 0 Å². The first-order valence-electron chi connectivity index (χ1n) is 10.2. The van der Waals surface area contributed by atoms with Gasteiger partial charge in [0.15, 0.2) is 0 Å². The smallest absolute Gasteiger partial charge is 0.254 e. The highest BCUT2D eigenvalue weighted by Gasteiger charge is 2.30. The molecule has 2 aliphatic carbocycles. The van der Waals surface area contributed by atoms with E-state index in [9.17, 15) is 4.79 Å². The minimum atomic E-state index is -0.0430. The van der Waals surface area contributed by atoms with Crippen molar-refractivity contribution in [2.24, 2.45) is 17.6 Å². The largest absolute Gasteiger partial charge is 0.376 e. The third-order valence-electron chi connectivity index (χ3n) is 6.20. The van der Waals surface area contributed by atoms with Gasteiger partial charge in [-0.15, -0.1) is 0 Å². The zero-order chi connectivity index (χ0) is 18.1. The van der Waals surface area contributed by atoms with Crippen LogP contribution in [0.1, 0.15) is 62.2 Å². The van der Waals surface area contributed by atoms with Crippen LogP contribution in [0, 0.1) is 30.6 Å². The summed E-state index contributed by atoms with van der Waals surface area (Å²) in [5.41, 5.74) is 8.33. The minimum absolute atomic E-state index is 0.0113. The molecule has 4 heteroatoms. The van der Waals surface area contributed by atoms with E-state index in [0.717, 1.165) is 49.8 Å². The lowest BCUT2D eigenvalue weighted by Crippen LogP contribution is -2.46. The maximum Gasteiger partial charge on any atom is 0.254 e. The molecule has 1 aromatic heterocycles. The highest BCUT2D eigenvalue weighted by Crippen LogP contribution is 2.31. The van der Waals surface area contributed by atoms with E-state index in [1.165, 1.54) is 12.8 Å². The van der Waals surface area contributed by atoms with Crippen LogP contribution >= 0.6 is 0 Å². The molecule has 0 aromatic carbocycles. The number of aromatic nitrogens is 1. The summed E-state index contributed by atoms with van der Waals surface area (Å²) in [5, 5.41) is 0. The zero-order valence-electron chi connectivity index (χ0n) is 15.7. The molecule has 26 heavy (non-hydrogen) atoms. The lowest BCUT2D eigenvalue weighted by Gasteiger charge is -2.35. The van der Waals surface area contributed by atoms with Crippen LogP contribution < -0.4 is 11.3 Å². The molecule has 0 spiro atoms. The Balaban J connectivity index is 1.36. The quantitative estimate of drug-likeness (QED) is 0.849. The SMILES string of the molecule is Cc1ccc2n(c1=O)C(COC1CCC(C#CC3CC3)CC1)C(N)CC2. The maximum absolute atomic E-state index is 12.6. The van der Waals surface area contributed by atoms with Crippen molar-refractivity contribution in [3.8, 4) is 11.8 Å². The van der Waals surface area contributed by atoms with Gasteiger partial charge in [0.25, 0.3) is 5.56 Å². The molecule has 2 saturated carbocycles. The Kier molecular flexibility index (Phi) is 5.20. The molecule has 0 amide bonds. The van der Waals surface area contributed by atoms with Crippen molar-refractivity contribution in [1.82, 2.24) is 4.57 Å². The highest BCUT2D eigenvalue weighted by atomic mass is 16.5. The van der Waals surface area contributed by atoms with Gasteiger partial charge < -0.3 is 15.0 Å². The number of fused-ring (bicyclic) bond motifs is 1. The van der Waals surface area contributed by atoms with Gasteiger partial charge in [0, 0.05) is 29.1 Å². The average molecular weight is 354 g/mol. The number of pyridine rings is 1. The molecule has 0 bridgehead atoms.